The summed E-state index contributed by atoms with van der Waals surface area (Å²) in [4.78, 5) is 29.6. The largest absolute Gasteiger partial charge is 0.507 e. The average molecular weight is 439 g/mol. The molecule has 170 valence electrons. The van der Waals surface area contributed by atoms with Gasteiger partial charge in [0.25, 0.3) is 11.7 Å². The Morgan fingerprint density at radius 2 is 1.72 bits per heavy atom. The maximum Gasteiger partial charge on any atom is 0.295 e. The third-order valence-corrected chi connectivity index (χ3v) is 5.70. The summed E-state index contributed by atoms with van der Waals surface area (Å²) < 4.78 is 10.8. The average Bonchev–Trinajstić information content (AvgIpc) is 3.03. The molecule has 1 amide bonds. The first kappa shape index (κ1) is 23.3. The molecule has 7 heteroatoms. The molecule has 7 nitrogen and oxygen atoms in total. The van der Waals surface area contributed by atoms with Gasteiger partial charge < -0.3 is 24.4 Å². The van der Waals surface area contributed by atoms with Crippen molar-refractivity contribution in [3.8, 4) is 11.5 Å². The number of nitrogens with zero attached hydrogens (tertiary/aromatic N) is 2. The van der Waals surface area contributed by atoms with Crippen LogP contribution in [0.1, 0.15) is 28.3 Å². The van der Waals surface area contributed by atoms with E-state index in [2.05, 4.69) is 0 Å². The number of aryl methyl sites for hydroxylation is 2. The van der Waals surface area contributed by atoms with E-state index in [1.54, 1.807) is 25.3 Å². The van der Waals surface area contributed by atoms with Crippen molar-refractivity contribution in [2.24, 2.45) is 0 Å². The van der Waals surface area contributed by atoms with Crippen LogP contribution in [0.5, 0.6) is 11.5 Å². The first-order chi connectivity index (χ1) is 15.2. The molecular weight excluding hydrogens is 408 g/mol. The van der Waals surface area contributed by atoms with E-state index >= 15 is 0 Å². The minimum absolute atomic E-state index is 0.0784. The molecule has 1 heterocycles. The van der Waals surface area contributed by atoms with Gasteiger partial charge in [-0.3, -0.25) is 9.59 Å². The smallest absolute Gasteiger partial charge is 0.295 e. The van der Waals surface area contributed by atoms with Crippen molar-refractivity contribution in [3.63, 3.8) is 0 Å². The second-order valence-electron chi connectivity index (χ2n) is 8.23. The normalized spacial score (nSPS) is 17.8. The Balaban J connectivity index is 2.23. The molecule has 1 aliphatic heterocycles. The summed E-state index contributed by atoms with van der Waals surface area (Å²) in [7, 11) is 6.87. The molecule has 0 radical (unpaired) electrons. The first-order valence-electron chi connectivity index (χ1n) is 10.4. The van der Waals surface area contributed by atoms with Crippen LogP contribution in [-0.2, 0) is 9.59 Å². The maximum absolute atomic E-state index is 13.2. The molecule has 1 saturated heterocycles. The van der Waals surface area contributed by atoms with Crippen LogP contribution in [0.25, 0.3) is 5.76 Å². The van der Waals surface area contributed by atoms with E-state index in [9.17, 15) is 14.7 Å². The highest BCUT2D eigenvalue weighted by atomic mass is 16.5. The number of aliphatic hydroxyl groups excluding tert-OH is 1. The number of ether oxygens (including phenoxy) is 2. The second-order valence-corrected chi connectivity index (χ2v) is 8.23. The summed E-state index contributed by atoms with van der Waals surface area (Å²) in [6, 6.07) is 10.2. The molecule has 0 spiro atoms. The molecular formula is C25H30N2O5. The molecule has 1 atom stereocenters. The van der Waals surface area contributed by atoms with Crippen LogP contribution in [0, 0.1) is 13.8 Å². The topological polar surface area (TPSA) is 79.3 Å². The maximum atomic E-state index is 13.2. The summed E-state index contributed by atoms with van der Waals surface area (Å²) in [5.41, 5.74) is 3.04. The van der Waals surface area contributed by atoms with Gasteiger partial charge in [-0.15, -0.1) is 0 Å². The Hall–Kier alpha value is -3.32. The van der Waals surface area contributed by atoms with Crippen molar-refractivity contribution in [3.05, 3.63) is 64.2 Å². The van der Waals surface area contributed by atoms with Crippen LogP contribution >= 0.6 is 0 Å². The lowest BCUT2D eigenvalue weighted by Crippen LogP contribution is -2.35. The highest BCUT2D eigenvalue weighted by Crippen LogP contribution is 2.42. The first-order valence-corrected chi connectivity index (χ1v) is 10.4. The molecule has 1 aliphatic rings. The zero-order valence-electron chi connectivity index (χ0n) is 19.4. The number of carbonyl (C=O) groups is 2. The number of likely N-dealkylation sites (tertiary alicyclic amines) is 1. The Labute approximate surface area is 188 Å². The lowest BCUT2D eigenvalue weighted by atomic mass is 9.93. The monoisotopic (exact) mass is 438 g/mol. The Morgan fingerprint density at radius 1 is 1.03 bits per heavy atom. The van der Waals surface area contributed by atoms with E-state index in [0.717, 1.165) is 11.1 Å². The van der Waals surface area contributed by atoms with Gasteiger partial charge in [-0.1, -0.05) is 23.8 Å². The van der Waals surface area contributed by atoms with E-state index in [0.29, 0.717) is 35.7 Å². The van der Waals surface area contributed by atoms with Crippen LogP contribution in [0.3, 0.4) is 0 Å². The molecule has 2 aromatic rings. The van der Waals surface area contributed by atoms with Crippen molar-refractivity contribution in [2.45, 2.75) is 19.9 Å². The van der Waals surface area contributed by atoms with Gasteiger partial charge in [-0.25, -0.2) is 0 Å². The standard InChI is InChI=1S/C25H30N2O5/c1-15-7-8-16(2)18(13-15)23(28)21-22(17-9-10-19(31-5)20(14-17)32-6)27(12-11-26(3)4)25(30)24(21)29/h7-10,13-14,22,28H,11-12H2,1-6H3/t22-/m1/s1. The number of aliphatic hydroxyl groups is 1. The van der Waals surface area contributed by atoms with Crippen molar-refractivity contribution in [1.29, 1.82) is 0 Å². The number of methoxy groups -OCH3 is 2. The van der Waals surface area contributed by atoms with Crippen molar-refractivity contribution >= 4 is 17.4 Å². The van der Waals surface area contributed by atoms with Gasteiger partial charge in [-0.05, 0) is 57.3 Å². The number of carbonyl (C=O) groups excluding carboxylic acids is 2. The minimum atomic E-state index is -0.741. The zero-order chi connectivity index (χ0) is 23.6. The van der Waals surface area contributed by atoms with Gasteiger partial charge >= 0.3 is 0 Å². The number of hydrogen-bond donors (Lipinski definition) is 1. The van der Waals surface area contributed by atoms with Crippen LogP contribution in [0.4, 0.5) is 0 Å². The fourth-order valence-electron chi connectivity index (χ4n) is 3.92. The third-order valence-electron chi connectivity index (χ3n) is 5.70. The molecule has 0 aliphatic carbocycles. The number of hydrogen-bond acceptors (Lipinski definition) is 6. The summed E-state index contributed by atoms with van der Waals surface area (Å²) in [5, 5.41) is 11.3. The lowest BCUT2D eigenvalue weighted by Gasteiger charge is -2.27. The number of likely N-dealkylation sites (N-methyl/N-ethyl adjacent to an activating group) is 1. The number of benzene rings is 2. The number of amides is 1. The molecule has 0 aromatic heterocycles. The molecule has 0 unspecified atom stereocenters. The quantitative estimate of drug-likeness (QED) is 0.406. The molecule has 1 N–H and O–H groups in total. The minimum Gasteiger partial charge on any atom is -0.507 e. The van der Waals surface area contributed by atoms with Gasteiger partial charge in [0, 0.05) is 18.7 Å². The Bertz CT molecular complexity index is 1070. The fourth-order valence-corrected chi connectivity index (χ4v) is 3.92. The van der Waals surface area contributed by atoms with Gasteiger partial charge in [0.15, 0.2) is 11.5 Å². The summed E-state index contributed by atoms with van der Waals surface area (Å²) in [5.74, 6) is -0.469. The SMILES string of the molecule is COc1ccc([C@@H]2C(=C(O)c3cc(C)ccc3C)C(=O)C(=O)N2CCN(C)C)cc1OC. The Kier molecular flexibility index (Phi) is 6.89. The predicted molar refractivity (Wildman–Crippen MR) is 123 cm³/mol. The van der Waals surface area contributed by atoms with Gasteiger partial charge in [0.05, 0.1) is 25.8 Å². The van der Waals surface area contributed by atoms with Crippen molar-refractivity contribution < 1.29 is 24.2 Å². The number of rotatable bonds is 7. The number of ketones is 1. The van der Waals surface area contributed by atoms with E-state index in [4.69, 9.17) is 9.47 Å². The van der Waals surface area contributed by atoms with E-state index in [1.165, 1.54) is 12.0 Å². The molecule has 32 heavy (non-hydrogen) atoms. The molecule has 2 aromatic carbocycles. The predicted octanol–water partition coefficient (Wildman–Crippen LogP) is 3.30. The highest BCUT2D eigenvalue weighted by Gasteiger charge is 2.46. The third kappa shape index (κ3) is 4.34. The second kappa shape index (κ2) is 9.44. The van der Waals surface area contributed by atoms with Gasteiger partial charge in [0.2, 0.25) is 0 Å². The van der Waals surface area contributed by atoms with E-state index in [1.807, 2.05) is 51.0 Å². The van der Waals surface area contributed by atoms with Crippen molar-refractivity contribution in [2.75, 3.05) is 41.4 Å². The van der Waals surface area contributed by atoms with Crippen molar-refractivity contribution in [1.82, 2.24) is 9.80 Å². The summed E-state index contributed by atoms with van der Waals surface area (Å²) in [6.07, 6.45) is 0. The molecule has 0 bridgehead atoms. The van der Waals surface area contributed by atoms with E-state index < -0.39 is 17.7 Å². The van der Waals surface area contributed by atoms with Gasteiger partial charge in [-0.2, -0.15) is 0 Å². The fraction of sp³-hybridized carbons (Fsp3) is 0.360. The lowest BCUT2D eigenvalue weighted by molar-refractivity contribution is -0.140. The molecule has 1 fully saturated rings. The number of Topliss-reactive ketones (excluding diaryl/α,β-unsaturated/α-hetero) is 1. The van der Waals surface area contributed by atoms with Crippen LogP contribution in [0.2, 0.25) is 0 Å². The van der Waals surface area contributed by atoms with Crippen LogP contribution in [0.15, 0.2) is 42.0 Å². The summed E-state index contributed by atoms with van der Waals surface area (Å²) in [6.45, 7) is 4.68. The Morgan fingerprint density at radius 3 is 2.34 bits per heavy atom. The zero-order valence-corrected chi connectivity index (χ0v) is 19.4. The van der Waals surface area contributed by atoms with Crippen LogP contribution in [-0.4, -0.2) is 68.0 Å². The highest BCUT2D eigenvalue weighted by molar-refractivity contribution is 6.46. The van der Waals surface area contributed by atoms with E-state index in [-0.39, 0.29) is 11.3 Å². The van der Waals surface area contributed by atoms with Gasteiger partial charge in [0.1, 0.15) is 5.76 Å². The molecule has 3 rings (SSSR count). The molecule has 0 saturated carbocycles. The summed E-state index contributed by atoms with van der Waals surface area (Å²) >= 11 is 0. The van der Waals surface area contributed by atoms with Crippen LogP contribution < -0.4 is 9.47 Å².